The first kappa shape index (κ1) is 9.05. The highest BCUT2D eigenvalue weighted by atomic mass is 14.9. The average Bonchev–Trinajstić information content (AvgIpc) is 1.99. The predicted octanol–water partition coefficient (Wildman–Crippen LogP) is 2.42. The van der Waals surface area contributed by atoms with Crippen molar-refractivity contribution >= 4 is 0 Å². The summed E-state index contributed by atoms with van der Waals surface area (Å²) in [5.41, 5.74) is 0. The minimum atomic E-state index is 0.795. The molecule has 1 aliphatic rings. The molecule has 66 valence electrons. The van der Waals surface area contributed by atoms with E-state index < -0.39 is 0 Å². The van der Waals surface area contributed by atoms with Gasteiger partial charge in [0.25, 0.3) is 0 Å². The van der Waals surface area contributed by atoms with Crippen LogP contribution < -0.4 is 5.32 Å². The second-order valence-electron chi connectivity index (χ2n) is 3.93. The van der Waals surface area contributed by atoms with Gasteiger partial charge in [0.2, 0.25) is 0 Å². The van der Waals surface area contributed by atoms with Gasteiger partial charge in [-0.25, -0.2) is 0 Å². The quantitative estimate of drug-likeness (QED) is 0.645. The van der Waals surface area contributed by atoms with Gasteiger partial charge in [-0.05, 0) is 24.8 Å². The molecule has 0 radical (unpaired) electrons. The van der Waals surface area contributed by atoms with E-state index in [1.165, 1.54) is 19.3 Å². The lowest BCUT2D eigenvalue weighted by Gasteiger charge is -2.34. The normalized spacial score (nSPS) is 39.0. The molecule has 0 unspecified atom stereocenters. The lowest BCUT2D eigenvalue weighted by Crippen LogP contribution is -2.40. The van der Waals surface area contributed by atoms with E-state index in [-0.39, 0.29) is 0 Å². The van der Waals surface area contributed by atoms with Crippen molar-refractivity contribution in [3.05, 3.63) is 0 Å². The Morgan fingerprint density at radius 1 is 1.27 bits per heavy atom. The Kier molecular flexibility index (Phi) is 3.38. The van der Waals surface area contributed by atoms with Gasteiger partial charge in [-0.2, -0.15) is 0 Å². The maximum absolute atomic E-state index is 3.56. The standard InChI is InChI=1S/C10H21N/c1-4-11-10-7-5-6-8(2)9(10)3/h8-11H,4-7H2,1-3H3/t8-,9-,10-/m1/s1. The summed E-state index contributed by atoms with van der Waals surface area (Å²) in [6.45, 7) is 8.10. The zero-order valence-electron chi connectivity index (χ0n) is 8.06. The van der Waals surface area contributed by atoms with E-state index in [2.05, 4.69) is 26.1 Å². The van der Waals surface area contributed by atoms with Gasteiger partial charge in [-0.3, -0.25) is 0 Å². The van der Waals surface area contributed by atoms with Crippen molar-refractivity contribution in [1.29, 1.82) is 0 Å². The summed E-state index contributed by atoms with van der Waals surface area (Å²) in [7, 11) is 0. The first-order chi connectivity index (χ1) is 5.25. The van der Waals surface area contributed by atoms with Crippen LogP contribution in [0.4, 0.5) is 0 Å². The van der Waals surface area contributed by atoms with Gasteiger partial charge in [0, 0.05) is 6.04 Å². The Hall–Kier alpha value is -0.0400. The second kappa shape index (κ2) is 4.10. The molecule has 0 aromatic carbocycles. The molecular weight excluding hydrogens is 134 g/mol. The summed E-state index contributed by atoms with van der Waals surface area (Å²) < 4.78 is 0. The third-order valence-corrected chi connectivity index (χ3v) is 3.17. The van der Waals surface area contributed by atoms with Crippen LogP contribution in [0.1, 0.15) is 40.0 Å². The second-order valence-corrected chi connectivity index (χ2v) is 3.93. The Balaban J connectivity index is 2.38. The molecule has 0 bridgehead atoms. The van der Waals surface area contributed by atoms with Crippen molar-refractivity contribution in [2.75, 3.05) is 6.54 Å². The van der Waals surface area contributed by atoms with Gasteiger partial charge in [0.05, 0.1) is 0 Å². The highest BCUT2D eigenvalue weighted by molar-refractivity contribution is 4.81. The summed E-state index contributed by atoms with van der Waals surface area (Å²) >= 11 is 0. The molecule has 1 saturated carbocycles. The zero-order valence-corrected chi connectivity index (χ0v) is 8.06. The van der Waals surface area contributed by atoms with Crippen molar-refractivity contribution in [2.24, 2.45) is 11.8 Å². The molecule has 11 heavy (non-hydrogen) atoms. The SMILES string of the molecule is CCN[C@@H]1CCC[C@@H](C)[C@H]1C. The average molecular weight is 155 g/mol. The van der Waals surface area contributed by atoms with E-state index in [0.717, 1.165) is 24.4 Å². The van der Waals surface area contributed by atoms with Crippen LogP contribution in [0.25, 0.3) is 0 Å². The van der Waals surface area contributed by atoms with E-state index in [9.17, 15) is 0 Å². The smallest absolute Gasteiger partial charge is 0.00951 e. The van der Waals surface area contributed by atoms with Crippen molar-refractivity contribution in [3.8, 4) is 0 Å². The van der Waals surface area contributed by atoms with Gasteiger partial charge < -0.3 is 5.32 Å². The fraction of sp³-hybridized carbons (Fsp3) is 1.00. The molecule has 0 spiro atoms. The van der Waals surface area contributed by atoms with E-state index in [4.69, 9.17) is 0 Å². The van der Waals surface area contributed by atoms with Gasteiger partial charge in [0.1, 0.15) is 0 Å². The van der Waals surface area contributed by atoms with Crippen LogP contribution in [0.2, 0.25) is 0 Å². The first-order valence-electron chi connectivity index (χ1n) is 4.99. The summed E-state index contributed by atoms with van der Waals surface area (Å²) in [5, 5.41) is 3.56. The maximum atomic E-state index is 3.56. The predicted molar refractivity (Wildman–Crippen MR) is 49.6 cm³/mol. The van der Waals surface area contributed by atoms with Gasteiger partial charge in [-0.15, -0.1) is 0 Å². The highest BCUT2D eigenvalue weighted by Gasteiger charge is 2.25. The van der Waals surface area contributed by atoms with E-state index in [1.807, 2.05) is 0 Å². The summed E-state index contributed by atoms with van der Waals surface area (Å²) in [6, 6.07) is 0.795. The van der Waals surface area contributed by atoms with Crippen LogP contribution in [0.3, 0.4) is 0 Å². The molecule has 0 amide bonds. The molecule has 1 N–H and O–H groups in total. The molecule has 0 saturated heterocycles. The number of hydrogen-bond donors (Lipinski definition) is 1. The Bertz CT molecular complexity index is 109. The third kappa shape index (κ3) is 2.19. The molecule has 0 aliphatic heterocycles. The number of rotatable bonds is 2. The molecule has 1 nitrogen and oxygen atoms in total. The molecular formula is C10H21N. The fourth-order valence-electron chi connectivity index (χ4n) is 2.13. The van der Waals surface area contributed by atoms with Crippen LogP contribution in [0.5, 0.6) is 0 Å². The highest BCUT2D eigenvalue weighted by Crippen LogP contribution is 2.29. The number of hydrogen-bond acceptors (Lipinski definition) is 1. The molecule has 0 aromatic rings. The largest absolute Gasteiger partial charge is 0.314 e. The topological polar surface area (TPSA) is 12.0 Å². The fourth-order valence-corrected chi connectivity index (χ4v) is 2.13. The van der Waals surface area contributed by atoms with Gasteiger partial charge >= 0.3 is 0 Å². The monoisotopic (exact) mass is 155 g/mol. The number of nitrogens with one attached hydrogen (secondary N) is 1. The van der Waals surface area contributed by atoms with Crippen molar-refractivity contribution in [1.82, 2.24) is 5.32 Å². The lowest BCUT2D eigenvalue weighted by molar-refractivity contribution is 0.209. The minimum Gasteiger partial charge on any atom is -0.314 e. The zero-order chi connectivity index (χ0) is 8.27. The first-order valence-corrected chi connectivity index (χ1v) is 4.99. The van der Waals surface area contributed by atoms with Gasteiger partial charge in [-0.1, -0.05) is 33.6 Å². The third-order valence-electron chi connectivity index (χ3n) is 3.17. The molecule has 1 rings (SSSR count). The van der Waals surface area contributed by atoms with E-state index in [1.54, 1.807) is 0 Å². The summed E-state index contributed by atoms with van der Waals surface area (Å²) in [5.74, 6) is 1.80. The van der Waals surface area contributed by atoms with Crippen molar-refractivity contribution in [2.45, 2.75) is 46.1 Å². The summed E-state index contributed by atoms with van der Waals surface area (Å²) in [6.07, 6.45) is 4.24. The van der Waals surface area contributed by atoms with Crippen LogP contribution in [-0.4, -0.2) is 12.6 Å². The van der Waals surface area contributed by atoms with E-state index in [0.29, 0.717) is 0 Å². The Morgan fingerprint density at radius 2 is 2.00 bits per heavy atom. The molecule has 1 heteroatoms. The molecule has 1 aliphatic carbocycles. The van der Waals surface area contributed by atoms with Gasteiger partial charge in [0.15, 0.2) is 0 Å². The summed E-state index contributed by atoms with van der Waals surface area (Å²) in [4.78, 5) is 0. The van der Waals surface area contributed by atoms with Crippen molar-refractivity contribution in [3.63, 3.8) is 0 Å². The van der Waals surface area contributed by atoms with Crippen LogP contribution in [0.15, 0.2) is 0 Å². The molecule has 3 atom stereocenters. The molecule has 0 aromatic heterocycles. The van der Waals surface area contributed by atoms with Crippen LogP contribution >= 0.6 is 0 Å². The lowest BCUT2D eigenvalue weighted by atomic mass is 9.78. The Morgan fingerprint density at radius 3 is 2.64 bits per heavy atom. The van der Waals surface area contributed by atoms with Crippen LogP contribution in [-0.2, 0) is 0 Å². The van der Waals surface area contributed by atoms with Crippen LogP contribution in [0, 0.1) is 11.8 Å². The molecule has 1 fully saturated rings. The van der Waals surface area contributed by atoms with E-state index >= 15 is 0 Å². The van der Waals surface area contributed by atoms with Crippen molar-refractivity contribution < 1.29 is 0 Å². The Labute approximate surface area is 70.6 Å². The molecule has 0 heterocycles. The minimum absolute atomic E-state index is 0.795. The maximum Gasteiger partial charge on any atom is 0.00951 e.